The van der Waals surface area contributed by atoms with Crippen LogP contribution in [-0.2, 0) is 43.0 Å². The van der Waals surface area contributed by atoms with Crippen molar-refractivity contribution >= 4 is 91.3 Å². The van der Waals surface area contributed by atoms with Gasteiger partial charge in [-0.25, -0.2) is 10.4 Å². The van der Waals surface area contributed by atoms with Crippen molar-refractivity contribution < 1.29 is 77.3 Å². The molecule has 1 aromatic heterocycles. The molecule has 9 rings (SSSR count). The number of methoxy groups -OCH3 is 1. The number of hydrogen-bond acceptors (Lipinski definition) is 21. The summed E-state index contributed by atoms with van der Waals surface area (Å²) in [6.07, 6.45) is 7.17. The van der Waals surface area contributed by atoms with Crippen molar-refractivity contribution in [3.05, 3.63) is 121 Å². The maximum absolute atomic E-state index is 15.1. The molecule has 0 saturated carbocycles. The fourth-order valence-electron chi connectivity index (χ4n) is 12.0. The van der Waals surface area contributed by atoms with Crippen molar-refractivity contribution in [3.8, 4) is 17.2 Å². The van der Waals surface area contributed by atoms with Gasteiger partial charge in [0.15, 0.2) is 22.4 Å². The number of phenolic OH excluding ortho intramolecular Hbond substituents is 1. The van der Waals surface area contributed by atoms with Crippen LogP contribution in [0.15, 0.2) is 104 Å². The fraction of sp³-hybridized carbons (Fsp3) is 0.433. The molecule has 0 spiro atoms. The fourth-order valence-corrected chi connectivity index (χ4v) is 12.0. The number of nitrogens with one attached hydrogen (secondary N) is 3. The number of hydrazone groups is 1. The van der Waals surface area contributed by atoms with Crippen LogP contribution in [0.5, 0.6) is 17.2 Å². The van der Waals surface area contributed by atoms with Crippen molar-refractivity contribution in [2.75, 3.05) is 43.6 Å². The Labute approximate surface area is 529 Å². The summed E-state index contributed by atoms with van der Waals surface area (Å²) in [5.74, 6) is -8.35. The van der Waals surface area contributed by atoms with Crippen molar-refractivity contribution in [1.29, 1.82) is 0 Å². The van der Waals surface area contributed by atoms with E-state index in [-0.39, 0.29) is 93.0 Å². The molecule has 4 aliphatic rings. The molecule has 5 heterocycles. The molecule has 4 bridgehead atoms. The number of fused-ring (bicyclic) bond motifs is 2. The first-order valence-electron chi connectivity index (χ1n) is 30.5. The van der Waals surface area contributed by atoms with Crippen LogP contribution in [0.25, 0.3) is 38.7 Å². The molecule has 488 valence electrons. The van der Waals surface area contributed by atoms with E-state index in [2.05, 4.69) is 21.2 Å². The van der Waals surface area contributed by atoms with E-state index < -0.39 is 112 Å². The Balaban J connectivity index is 0.940. The molecular weight excluding hydrogens is 1190 g/mol. The van der Waals surface area contributed by atoms with E-state index in [0.29, 0.717) is 49.5 Å². The first kappa shape index (κ1) is 66.9. The molecule has 1 saturated heterocycles. The summed E-state index contributed by atoms with van der Waals surface area (Å²) in [6.45, 7) is 15.2. The number of ether oxygens (including phenoxy) is 5. The zero-order chi connectivity index (χ0) is 66.6. The Bertz CT molecular complexity index is 4080. The molecule has 4 aliphatic heterocycles. The lowest BCUT2D eigenvalue weighted by Crippen LogP contribution is -2.46. The number of aliphatic hydroxyl groups is 3. The Morgan fingerprint density at radius 2 is 1.57 bits per heavy atom. The molecule has 4 aromatic carbocycles. The van der Waals surface area contributed by atoms with Crippen LogP contribution >= 0.6 is 0 Å². The summed E-state index contributed by atoms with van der Waals surface area (Å²) in [4.78, 5) is 113. The number of carbonyl (C=O) groups is 6. The van der Waals surface area contributed by atoms with Gasteiger partial charge in [0.25, 0.3) is 17.7 Å². The van der Waals surface area contributed by atoms with Crippen molar-refractivity contribution in [2.45, 2.75) is 131 Å². The van der Waals surface area contributed by atoms with Gasteiger partial charge < -0.3 is 64.1 Å². The van der Waals surface area contributed by atoms with E-state index in [1.807, 2.05) is 4.90 Å². The lowest BCUT2D eigenvalue weighted by molar-refractivity contribution is -0.160. The average molecular weight is 1270 g/mol. The number of rotatable bonds is 14. The molecule has 0 aliphatic carbocycles. The minimum atomic E-state index is -2.04. The lowest BCUT2D eigenvalue weighted by Gasteiger charge is -2.38. The third-order valence-electron chi connectivity index (χ3n) is 17.5. The summed E-state index contributed by atoms with van der Waals surface area (Å²) < 4.78 is 36.5. The number of carbonyl (C=O) groups excluding carboxylic acids is 6. The molecule has 5 aromatic rings. The number of phenols is 1. The second-order valence-electron chi connectivity index (χ2n) is 24.0. The zero-order valence-electron chi connectivity index (χ0n) is 52.9. The van der Waals surface area contributed by atoms with Crippen LogP contribution in [-0.4, -0.2) is 141 Å². The monoisotopic (exact) mass is 1270 g/mol. The number of allylic oxidation sites excluding steroid dienone is 2. The largest absolute Gasteiger partial charge is 0.507 e. The van der Waals surface area contributed by atoms with Gasteiger partial charge in [-0.3, -0.25) is 43.3 Å². The number of benzene rings is 4. The van der Waals surface area contributed by atoms with Gasteiger partial charge in [-0.15, -0.1) is 0 Å². The van der Waals surface area contributed by atoms with Gasteiger partial charge in [-0.2, -0.15) is 5.10 Å². The van der Waals surface area contributed by atoms with E-state index in [1.54, 1.807) is 77.1 Å². The van der Waals surface area contributed by atoms with Gasteiger partial charge in [0.2, 0.25) is 22.7 Å². The molecule has 0 unspecified atom stereocenters. The van der Waals surface area contributed by atoms with Gasteiger partial charge in [0.05, 0.1) is 47.5 Å². The van der Waals surface area contributed by atoms with E-state index in [4.69, 9.17) is 33.1 Å². The summed E-state index contributed by atoms with van der Waals surface area (Å²) in [6, 6.07) is 9.84. The molecule has 1 fully saturated rings. The number of aromatic nitrogens is 1. The van der Waals surface area contributed by atoms with Crippen LogP contribution in [0.2, 0.25) is 0 Å². The minimum absolute atomic E-state index is 0.0128. The molecule has 25 nitrogen and oxygen atoms in total. The number of nitrogens with zero attached hydrogens (tertiary/aromatic N) is 4. The highest BCUT2D eigenvalue weighted by Gasteiger charge is 2.44. The van der Waals surface area contributed by atoms with Crippen LogP contribution in [0.1, 0.15) is 98.6 Å². The molecule has 92 heavy (non-hydrogen) atoms. The zero-order valence-corrected chi connectivity index (χ0v) is 52.9. The van der Waals surface area contributed by atoms with Gasteiger partial charge in [-0.1, -0.05) is 45.9 Å². The van der Waals surface area contributed by atoms with Crippen LogP contribution in [0, 0.1) is 30.6 Å². The van der Waals surface area contributed by atoms with Crippen molar-refractivity contribution in [1.82, 2.24) is 20.6 Å². The normalized spacial score (nSPS) is 24.3. The molecular formula is C67H77N7O18. The van der Waals surface area contributed by atoms with Crippen molar-refractivity contribution in [3.63, 3.8) is 0 Å². The number of aliphatic hydroxyl groups excluding tert-OH is 3. The third kappa shape index (κ3) is 14.0. The van der Waals surface area contributed by atoms with Gasteiger partial charge in [0.1, 0.15) is 34.6 Å². The maximum Gasteiger partial charge on any atom is 0.307 e. The van der Waals surface area contributed by atoms with Gasteiger partial charge in [0, 0.05) is 130 Å². The topological polar surface area (TPSA) is 345 Å². The van der Waals surface area contributed by atoms with Gasteiger partial charge >= 0.3 is 11.8 Å². The van der Waals surface area contributed by atoms with E-state index >= 15 is 4.79 Å². The Kier molecular flexibility index (Phi) is 20.3. The maximum atomic E-state index is 15.1. The first-order valence-corrected chi connectivity index (χ1v) is 30.5. The smallest absolute Gasteiger partial charge is 0.307 e. The molecule has 7 N–H and O–H groups in total. The quantitative estimate of drug-likeness (QED) is 0.0134. The molecule has 9 atom stereocenters. The highest BCUT2D eigenvalue weighted by Crippen LogP contribution is 2.43. The second kappa shape index (κ2) is 28.0. The standard InChI is InChI=1S/C67H77N7O18/c1-33-13-11-14-34(2)66(86)70-57-61(84)53-52(54-63(38(6)60(53)83)92-67(9,65(54)85)89-30-25-46(87-10)35(3)62(90-40(8)75)37(5)59(82)36(4)58(33)81)56-64(57)91-47-32-43(31-45(76)55(47)69-56)73-26-22-42(23-27-73)68-48(77)15-12-29-88-44-18-16-41(17-19-44)39(7)71-72-49(78)24-28-74-50(79)20-21-51(74)80/h11,13-14,16-21,25,30-33,35-37,42,46,58-59,62,81-83,85H,12,15,22-24,26-29H2,1-10H3,(H,68,77)(H,70,86)(H,72,78)/t33-,35+,36+,37+,46-,58-,59+,62+,67-/m0/s1. The van der Waals surface area contributed by atoms with E-state index in [1.165, 1.54) is 59.3 Å². The first-order chi connectivity index (χ1) is 43.7. The van der Waals surface area contributed by atoms with E-state index in [0.717, 1.165) is 22.6 Å². The third-order valence-corrected chi connectivity index (χ3v) is 17.5. The second-order valence-corrected chi connectivity index (χ2v) is 24.0. The van der Waals surface area contributed by atoms with Gasteiger partial charge in [-0.05, 0) is 75.9 Å². The Morgan fingerprint density at radius 3 is 2.24 bits per heavy atom. The number of aromatic hydroxyl groups is 1. The number of esters is 1. The predicted molar refractivity (Wildman–Crippen MR) is 340 cm³/mol. The average Bonchev–Trinajstić information content (AvgIpc) is 1.37. The Morgan fingerprint density at radius 1 is 0.870 bits per heavy atom. The van der Waals surface area contributed by atoms with Crippen LogP contribution < -0.4 is 46.5 Å². The Hall–Kier alpha value is -9.46. The van der Waals surface area contributed by atoms with Crippen LogP contribution in [0.3, 0.4) is 0 Å². The molecule has 0 radical (unpaired) electrons. The summed E-state index contributed by atoms with van der Waals surface area (Å²) in [7, 11) is 1.43. The van der Waals surface area contributed by atoms with Crippen LogP contribution in [0.4, 0.5) is 11.4 Å². The van der Waals surface area contributed by atoms with Crippen molar-refractivity contribution in [2.24, 2.45) is 28.8 Å². The molecule has 25 heteroatoms. The van der Waals surface area contributed by atoms with E-state index in [9.17, 15) is 54.0 Å². The SMILES string of the molecule is CO[C@H]1C=CO[C@@]2(C)Oc3c(C)c(O)c4c(=O)c(c5oc6cc(N7CCC(NC(=O)CCCOc8ccc(C(C)=NNC(=O)CCN9C(=O)C=CC9=O)cc8)CC7)cc(=O)c6nc5c4c3=C2O)NC(=O)C(C)=CC=C[C@H](C)[C@H](O)[C@@H](C)[C@@H](O)[C@@H](C)[C@H](OC(C)=O)[C@@H]1C. The highest BCUT2D eigenvalue weighted by atomic mass is 16.7. The summed E-state index contributed by atoms with van der Waals surface area (Å²) >= 11 is 0. The number of hydrogen-bond donors (Lipinski definition) is 7. The highest BCUT2D eigenvalue weighted by molar-refractivity contribution is 6.17. The number of amides is 5. The number of anilines is 2. The molecule has 5 amide bonds. The summed E-state index contributed by atoms with van der Waals surface area (Å²) in [5, 5.41) is 56.7. The number of imide groups is 1. The lowest BCUT2D eigenvalue weighted by atomic mass is 9.78. The number of piperidine rings is 1. The summed E-state index contributed by atoms with van der Waals surface area (Å²) in [5.41, 5.74) is 1.54. The predicted octanol–water partition coefficient (Wildman–Crippen LogP) is 5.66. The minimum Gasteiger partial charge on any atom is -0.507 e.